The molecule has 54 heavy (non-hydrogen) atoms. The Morgan fingerprint density at radius 2 is 1.06 bits per heavy atom. The molecule has 0 saturated carbocycles. The summed E-state index contributed by atoms with van der Waals surface area (Å²) in [5.74, 6) is 0. The average Bonchev–Trinajstić information content (AvgIpc) is 3.96. The second-order valence-corrected chi connectivity index (χ2v) is 15.6. The van der Waals surface area contributed by atoms with Crippen molar-refractivity contribution >= 4 is 92.1 Å². The lowest BCUT2D eigenvalue weighted by Gasteiger charge is -2.26. The molecule has 11 rings (SSSR count). The van der Waals surface area contributed by atoms with Gasteiger partial charge in [-0.3, -0.25) is 0 Å². The highest BCUT2D eigenvalue weighted by Crippen LogP contribution is 2.46. The monoisotopic (exact) mass is 726 g/mol. The quantitative estimate of drug-likeness (QED) is 0.171. The molecule has 11 aromatic rings. The molecule has 0 aliphatic rings. The Morgan fingerprint density at radius 3 is 1.81 bits per heavy atom. The molecular weight excluding hydrogens is 697 g/mol. The highest BCUT2D eigenvalue weighted by Gasteiger charge is 2.19. The van der Waals surface area contributed by atoms with Crippen molar-refractivity contribution in [2.24, 2.45) is 0 Å². The predicted molar refractivity (Wildman–Crippen MR) is 231 cm³/mol. The fourth-order valence-electron chi connectivity index (χ4n) is 7.71. The van der Waals surface area contributed by atoms with Crippen LogP contribution in [-0.4, -0.2) is 4.98 Å². The molecule has 0 radical (unpaired) electrons. The molecule has 0 unspecified atom stereocenters. The van der Waals surface area contributed by atoms with E-state index in [1.807, 2.05) is 17.4 Å². The molecule has 5 heteroatoms. The van der Waals surface area contributed by atoms with Crippen LogP contribution in [0.25, 0.3) is 85.2 Å². The minimum Gasteiger partial charge on any atom is -0.456 e. The number of hydrogen-bond donors (Lipinski definition) is 0. The summed E-state index contributed by atoms with van der Waals surface area (Å²) >= 11 is 3.58. The third-order valence-electron chi connectivity index (χ3n) is 10.3. The van der Waals surface area contributed by atoms with Crippen LogP contribution in [0.3, 0.4) is 0 Å². The lowest BCUT2D eigenvalue weighted by atomic mass is 10.0. The zero-order valence-corrected chi connectivity index (χ0v) is 30.6. The van der Waals surface area contributed by atoms with Crippen LogP contribution in [0.2, 0.25) is 0 Å². The van der Waals surface area contributed by atoms with Crippen LogP contribution in [-0.2, 0) is 0 Å². The Balaban J connectivity index is 0.997. The first kappa shape index (κ1) is 31.0. The lowest BCUT2D eigenvalue weighted by molar-refractivity contribution is 0.669. The maximum Gasteiger partial charge on any atom is 0.137 e. The van der Waals surface area contributed by atoms with Crippen LogP contribution >= 0.6 is 22.7 Å². The van der Waals surface area contributed by atoms with Gasteiger partial charge in [-0.2, -0.15) is 0 Å². The van der Waals surface area contributed by atoms with Crippen LogP contribution in [0.15, 0.2) is 186 Å². The molecule has 3 heterocycles. The molecule has 0 spiro atoms. The highest BCUT2D eigenvalue weighted by molar-refractivity contribution is 7.26. The van der Waals surface area contributed by atoms with Gasteiger partial charge in [0.25, 0.3) is 0 Å². The maximum atomic E-state index is 6.48. The summed E-state index contributed by atoms with van der Waals surface area (Å²) in [6, 6.07) is 64.9. The number of benzene rings is 8. The van der Waals surface area contributed by atoms with Gasteiger partial charge in [-0.1, -0.05) is 121 Å². The molecule has 0 bridgehead atoms. The number of anilines is 3. The summed E-state index contributed by atoms with van der Waals surface area (Å²) in [4.78, 5) is 7.49. The number of thiophene rings is 1. The number of hydrogen-bond acceptors (Lipinski definition) is 5. The minimum atomic E-state index is 0.860. The van der Waals surface area contributed by atoms with E-state index in [2.05, 4.69) is 181 Å². The van der Waals surface area contributed by atoms with Gasteiger partial charge in [0.1, 0.15) is 16.2 Å². The molecular formula is C49H30N2OS2. The van der Waals surface area contributed by atoms with Gasteiger partial charge in [-0.05, 0) is 82.9 Å². The van der Waals surface area contributed by atoms with Crippen LogP contribution in [0, 0.1) is 0 Å². The first-order chi connectivity index (χ1) is 26.7. The summed E-state index contributed by atoms with van der Waals surface area (Å²) in [6.07, 6.45) is 0. The predicted octanol–water partition coefficient (Wildman–Crippen LogP) is 15.0. The van der Waals surface area contributed by atoms with Gasteiger partial charge in [-0.25, -0.2) is 4.98 Å². The molecule has 3 nitrogen and oxygen atoms in total. The summed E-state index contributed by atoms with van der Waals surface area (Å²) < 4.78 is 10.2. The minimum absolute atomic E-state index is 0.860. The fraction of sp³-hybridized carbons (Fsp3) is 0. The van der Waals surface area contributed by atoms with Crippen molar-refractivity contribution in [3.05, 3.63) is 182 Å². The van der Waals surface area contributed by atoms with E-state index in [1.165, 1.54) is 37.0 Å². The SMILES string of the molecule is c1ccc(-c2ccc(N(c3ccc(-c4ccc5c(c4)oc4ccc6sc(-c7ccccc7)nc6c45)cc3)c3cccc4c3sc3ccccc34)cc2)cc1. The standard InChI is InChI=1S/C49H30N2OS2/c1-3-10-31(11-4-1)32-18-23-36(24-19-32)51(41-16-9-15-39-38-14-7-8-17-44(38)53-48(39)41)37-25-20-33(21-26-37)35-22-27-40-43(30-35)52-42-28-29-45-47(46(40)42)50-49(54-45)34-12-5-2-6-13-34/h1-30H. The molecule has 0 amide bonds. The Labute approximate surface area is 319 Å². The molecule has 0 fully saturated rings. The van der Waals surface area contributed by atoms with Crippen LogP contribution < -0.4 is 4.90 Å². The normalized spacial score (nSPS) is 11.7. The number of rotatable bonds is 6. The van der Waals surface area contributed by atoms with E-state index in [4.69, 9.17) is 9.40 Å². The zero-order valence-electron chi connectivity index (χ0n) is 28.9. The second kappa shape index (κ2) is 12.6. The Bertz CT molecular complexity index is 3140. The van der Waals surface area contributed by atoms with E-state index in [0.717, 1.165) is 65.2 Å². The van der Waals surface area contributed by atoms with Crippen molar-refractivity contribution in [3.8, 4) is 32.8 Å². The number of furan rings is 1. The molecule has 8 aromatic carbocycles. The van der Waals surface area contributed by atoms with E-state index in [0.29, 0.717) is 0 Å². The maximum absolute atomic E-state index is 6.48. The Kier molecular flexibility index (Phi) is 7.22. The molecule has 0 aliphatic carbocycles. The summed E-state index contributed by atoms with van der Waals surface area (Å²) in [5, 5.41) is 5.76. The molecule has 254 valence electrons. The van der Waals surface area contributed by atoms with Gasteiger partial charge in [0.05, 0.1) is 26.0 Å². The largest absolute Gasteiger partial charge is 0.456 e. The number of nitrogens with zero attached hydrogens (tertiary/aromatic N) is 2. The third kappa shape index (κ3) is 5.12. The Hall–Kier alpha value is -6.53. The zero-order chi connectivity index (χ0) is 35.6. The molecule has 3 aromatic heterocycles. The third-order valence-corrected chi connectivity index (χ3v) is 12.6. The topological polar surface area (TPSA) is 29.3 Å². The summed E-state index contributed by atoms with van der Waals surface area (Å²) in [6.45, 7) is 0. The molecule has 0 atom stereocenters. The van der Waals surface area contributed by atoms with Crippen molar-refractivity contribution in [2.45, 2.75) is 0 Å². The fourth-order valence-corrected chi connectivity index (χ4v) is 9.89. The van der Waals surface area contributed by atoms with Gasteiger partial charge in [-0.15, -0.1) is 22.7 Å². The number of thiazole rings is 1. The van der Waals surface area contributed by atoms with E-state index < -0.39 is 0 Å². The van der Waals surface area contributed by atoms with E-state index >= 15 is 0 Å². The van der Waals surface area contributed by atoms with Crippen molar-refractivity contribution in [2.75, 3.05) is 4.90 Å². The van der Waals surface area contributed by atoms with E-state index in [9.17, 15) is 0 Å². The van der Waals surface area contributed by atoms with Crippen molar-refractivity contribution in [1.82, 2.24) is 4.98 Å². The van der Waals surface area contributed by atoms with Crippen molar-refractivity contribution in [3.63, 3.8) is 0 Å². The van der Waals surface area contributed by atoms with Gasteiger partial charge in [0, 0.05) is 37.8 Å². The number of aromatic nitrogens is 1. The molecule has 0 N–H and O–H groups in total. The van der Waals surface area contributed by atoms with E-state index in [-0.39, 0.29) is 0 Å². The lowest BCUT2D eigenvalue weighted by Crippen LogP contribution is -2.10. The van der Waals surface area contributed by atoms with Gasteiger partial charge in [0.15, 0.2) is 0 Å². The molecule has 0 saturated heterocycles. The smallest absolute Gasteiger partial charge is 0.137 e. The van der Waals surface area contributed by atoms with Crippen LogP contribution in [0.1, 0.15) is 0 Å². The van der Waals surface area contributed by atoms with Gasteiger partial charge < -0.3 is 9.32 Å². The summed E-state index contributed by atoms with van der Waals surface area (Å²) in [7, 11) is 0. The van der Waals surface area contributed by atoms with Crippen LogP contribution in [0.5, 0.6) is 0 Å². The highest BCUT2D eigenvalue weighted by atomic mass is 32.1. The van der Waals surface area contributed by atoms with Crippen molar-refractivity contribution < 1.29 is 4.42 Å². The van der Waals surface area contributed by atoms with Crippen LogP contribution in [0.4, 0.5) is 17.1 Å². The van der Waals surface area contributed by atoms with E-state index in [1.54, 1.807) is 11.3 Å². The Morgan fingerprint density at radius 1 is 0.426 bits per heavy atom. The second-order valence-electron chi connectivity index (χ2n) is 13.5. The average molecular weight is 727 g/mol. The summed E-state index contributed by atoms with van der Waals surface area (Å²) in [5.41, 5.74) is 11.9. The first-order valence-electron chi connectivity index (χ1n) is 18.0. The first-order valence-corrected chi connectivity index (χ1v) is 19.7. The van der Waals surface area contributed by atoms with Gasteiger partial charge in [0.2, 0.25) is 0 Å². The number of fused-ring (bicyclic) bond motifs is 8. The van der Waals surface area contributed by atoms with Crippen molar-refractivity contribution in [1.29, 1.82) is 0 Å². The van der Waals surface area contributed by atoms with Gasteiger partial charge >= 0.3 is 0 Å². The molecule has 0 aliphatic heterocycles.